The minimum atomic E-state index is 0.0424. The first-order valence-corrected chi connectivity index (χ1v) is 6.65. The van der Waals surface area contributed by atoms with Gasteiger partial charge in [0.1, 0.15) is 0 Å². The number of carbonyl (C=O) groups excluding carboxylic acids is 1. The van der Waals surface area contributed by atoms with E-state index in [9.17, 15) is 4.79 Å². The molecule has 1 fully saturated rings. The summed E-state index contributed by atoms with van der Waals surface area (Å²) >= 11 is 6.17. The Balaban J connectivity index is 1.94. The Morgan fingerprint density at radius 3 is 2.78 bits per heavy atom. The summed E-state index contributed by atoms with van der Waals surface area (Å²) in [6, 6.07) is 5.99. The van der Waals surface area contributed by atoms with Gasteiger partial charge in [-0.05, 0) is 31.4 Å². The summed E-state index contributed by atoms with van der Waals surface area (Å²) in [5.41, 5.74) is 1.70. The molecular weight excluding hydrogens is 250 g/mol. The number of nitrogens with one attached hydrogen (secondary N) is 1. The minimum Gasteiger partial charge on any atom is -0.381 e. The second-order valence-corrected chi connectivity index (χ2v) is 5.04. The van der Waals surface area contributed by atoms with Crippen LogP contribution < -0.4 is 5.32 Å². The highest BCUT2D eigenvalue weighted by molar-refractivity contribution is 6.31. The molecule has 1 heterocycles. The maximum absolute atomic E-state index is 11.2. The van der Waals surface area contributed by atoms with Crippen LogP contribution in [0.1, 0.15) is 35.7 Å². The Morgan fingerprint density at radius 2 is 2.17 bits per heavy atom. The lowest BCUT2D eigenvalue weighted by Gasteiger charge is -2.23. The number of Topliss-reactive ketones (excluding diaryl/α,β-unsaturated/α-hetero) is 1. The molecule has 18 heavy (non-hydrogen) atoms. The van der Waals surface area contributed by atoms with Crippen LogP contribution in [0.2, 0.25) is 5.02 Å². The van der Waals surface area contributed by atoms with Gasteiger partial charge in [-0.3, -0.25) is 4.79 Å². The van der Waals surface area contributed by atoms with Gasteiger partial charge >= 0.3 is 0 Å². The van der Waals surface area contributed by atoms with E-state index in [1.807, 2.05) is 12.1 Å². The van der Waals surface area contributed by atoms with E-state index in [-0.39, 0.29) is 5.78 Å². The molecule has 0 bridgehead atoms. The molecule has 1 aromatic rings. The van der Waals surface area contributed by atoms with E-state index < -0.39 is 0 Å². The van der Waals surface area contributed by atoms with E-state index in [2.05, 4.69) is 5.32 Å². The van der Waals surface area contributed by atoms with E-state index in [1.165, 1.54) is 0 Å². The molecule has 0 amide bonds. The Morgan fingerprint density at radius 1 is 1.44 bits per heavy atom. The summed E-state index contributed by atoms with van der Waals surface area (Å²) in [6.45, 7) is 3.94. The van der Waals surface area contributed by atoms with Gasteiger partial charge in [-0.25, -0.2) is 0 Å². The SMILES string of the molecule is CC(=O)c1ccc(CNC2CCOCC2)c(Cl)c1. The lowest BCUT2D eigenvalue weighted by atomic mass is 10.1. The molecule has 4 heteroatoms. The highest BCUT2D eigenvalue weighted by Gasteiger charge is 2.13. The second-order valence-electron chi connectivity index (χ2n) is 4.63. The third-order valence-electron chi connectivity index (χ3n) is 3.26. The fourth-order valence-corrected chi connectivity index (χ4v) is 2.31. The number of halogens is 1. The summed E-state index contributed by atoms with van der Waals surface area (Å²) in [7, 11) is 0. The highest BCUT2D eigenvalue weighted by atomic mass is 35.5. The van der Waals surface area contributed by atoms with Crippen molar-refractivity contribution in [1.82, 2.24) is 5.32 Å². The lowest BCUT2D eigenvalue weighted by Crippen LogP contribution is -2.34. The molecule has 0 atom stereocenters. The normalized spacial score (nSPS) is 16.8. The molecule has 1 aliphatic heterocycles. The molecule has 0 unspecified atom stereocenters. The maximum Gasteiger partial charge on any atom is 0.159 e. The van der Waals surface area contributed by atoms with Crippen molar-refractivity contribution in [3.8, 4) is 0 Å². The van der Waals surface area contributed by atoms with Crippen LogP contribution in [0.25, 0.3) is 0 Å². The molecule has 2 rings (SSSR count). The van der Waals surface area contributed by atoms with E-state index in [4.69, 9.17) is 16.3 Å². The Bertz CT molecular complexity index is 428. The van der Waals surface area contributed by atoms with Gasteiger partial charge in [0.15, 0.2) is 5.78 Å². The van der Waals surface area contributed by atoms with Crippen molar-refractivity contribution in [3.05, 3.63) is 34.3 Å². The van der Waals surface area contributed by atoms with Gasteiger partial charge in [0.25, 0.3) is 0 Å². The van der Waals surface area contributed by atoms with Crippen molar-refractivity contribution in [3.63, 3.8) is 0 Å². The van der Waals surface area contributed by atoms with Gasteiger partial charge in [0.05, 0.1) is 0 Å². The zero-order chi connectivity index (χ0) is 13.0. The Kier molecular flexibility index (Phi) is 4.75. The van der Waals surface area contributed by atoms with Crippen LogP contribution in [0.15, 0.2) is 18.2 Å². The van der Waals surface area contributed by atoms with Crippen molar-refractivity contribution >= 4 is 17.4 Å². The molecule has 1 saturated heterocycles. The average molecular weight is 268 g/mol. The van der Waals surface area contributed by atoms with Gasteiger partial charge in [-0.15, -0.1) is 0 Å². The van der Waals surface area contributed by atoms with Crippen LogP contribution in [0, 0.1) is 0 Å². The van der Waals surface area contributed by atoms with E-state index in [0.29, 0.717) is 16.6 Å². The zero-order valence-electron chi connectivity index (χ0n) is 10.5. The molecule has 0 spiro atoms. The summed E-state index contributed by atoms with van der Waals surface area (Å²) in [4.78, 5) is 11.2. The first kappa shape index (κ1) is 13.5. The predicted molar refractivity (Wildman–Crippen MR) is 72.1 cm³/mol. The molecule has 0 saturated carbocycles. The largest absolute Gasteiger partial charge is 0.381 e. The topological polar surface area (TPSA) is 38.3 Å². The van der Waals surface area contributed by atoms with Crippen molar-refractivity contribution < 1.29 is 9.53 Å². The maximum atomic E-state index is 11.2. The monoisotopic (exact) mass is 267 g/mol. The number of ketones is 1. The van der Waals surface area contributed by atoms with Gasteiger partial charge < -0.3 is 10.1 Å². The van der Waals surface area contributed by atoms with Crippen molar-refractivity contribution in [2.75, 3.05) is 13.2 Å². The predicted octanol–water partition coefficient (Wildman–Crippen LogP) is 2.81. The Labute approximate surface area is 112 Å². The number of rotatable bonds is 4. The average Bonchev–Trinajstić information content (AvgIpc) is 2.38. The lowest BCUT2D eigenvalue weighted by molar-refractivity contribution is 0.0776. The molecule has 1 aromatic carbocycles. The third-order valence-corrected chi connectivity index (χ3v) is 3.61. The Hall–Kier alpha value is -0.900. The van der Waals surface area contributed by atoms with E-state index in [0.717, 1.165) is 38.2 Å². The van der Waals surface area contributed by atoms with Crippen LogP contribution in [0.5, 0.6) is 0 Å². The fraction of sp³-hybridized carbons (Fsp3) is 0.500. The minimum absolute atomic E-state index is 0.0424. The van der Waals surface area contributed by atoms with E-state index in [1.54, 1.807) is 13.0 Å². The number of benzene rings is 1. The van der Waals surface area contributed by atoms with Crippen LogP contribution in [0.3, 0.4) is 0 Å². The zero-order valence-corrected chi connectivity index (χ0v) is 11.3. The fourth-order valence-electron chi connectivity index (χ4n) is 2.07. The standard InChI is InChI=1S/C14H18ClNO2/c1-10(17)11-2-3-12(14(15)8-11)9-16-13-4-6-18-7-5-13/h2-3,8,13,16H,4-7,9H2,1H3. The van der Waals surface area contributed by atoms with Gasteiger partial charge in [-0.2, -0.15) is 0 Å². The van der Waals surface area contributed by atoms with E-state index >= 15 is 0 Å². The number of carbonyl (C=O) groups is 1. The van der Waals surface area contributed by atoms with Gasteiger partial charge in [-0.1, -0.05) is 23.7 Å². The molecule has 0 aromatic heterocycles. The first-order valence-electron chi connectivity index (χ1n) is 6.27. The van der Waals surface area contributed by atoms with Gasteiger partial charge in [0.2, 0.25) is 0 Å². The summed E-state index contributed by atoms with van der Waals surface area (Å²) < 4.78 is 5.31. The first-order chi connectivity index (χ1) is 8.66. The van der Waals surface area contributed by atoms with Crippen molar-refractivity contribution in [2.24, 2.45) is 0 Å². The van der Waals surface area contributed by atoms with Crippen molar-refractivity contribution in [2.45, 2.75) is 32.4 Å². The van der Waals surface area contributed by atoms with Gasteiger partial charge in [0, 0.05) is 36.4 Å². The third kappa shape index (κ3) is 3.55. The molecule has 1 aliphatic rings. The summed E-state index contributed by atoms with van der Waals surface area (Å²) in [6.07, 6.45) is 2.09. The smallest absolute Gasteiger partial charge is 0.159 e. The molecule has 1 N–H and O–H groups in total. The van der Waals surface area contributed by atoms with Crippen LogP contribution in [0.4, 0.5) is 0 Å². The molecule has 3 nitrogen and oxygen atoms in total. The molecule has 98 valence electrons. The number of hydrogen-bond donors (Lipinski definition) is 1. The second kappa shape index (κ2) is 6.32. The quantitative estimate of drug-likeness (QED) is 0.853. The summed E-state index contributed by atoms with van der Waals surface area (Å²) in [5.74, 6) is 0.0424. The number of ether oxygens (including phenoxy) is 1. The van der Waals surface area contributed by atoms with Crippen LogP contribution in [-0.4, -0.2) is 25.0 Å². The summed E-state index contributed by atoms with van der Waals surface area (Å²) in [5, 5.41) is 4.13. The molecular formula is C14H18ClNO2. The highest BCUT2D eigenvalue weighted by Crippen LogP contribution is 2.19. The van der Waals surface area contributed by atoms with Crippen molar-refractivity contribution in [1.29, 1.82) is 0 Å². The molecule has 0 aliphatic carbocycles. The van der Waals surface area contributed by atoms with Crippen LogP contribution in [-0.2, 0) is 11.3 Å². The molecule has 0 radical (unpaired) electrons. The van der Waals surface area contributed by atoms with Crippen LogP contribution >= 0.6 is 11.6 Å². The number of hydrogen-bond acceptors (Lipinski definition) is 3.